The van der Waals surface area contributed by atoms with E-state index in [0.29, 0.717) is 22.0 Å². The SMILES string of the molecule is CCCCCCCCCCCCC(SC(CCCCCCCCCCCC)c1cc(C)c(O)c(C)c1)c1cc(C)c(O)c(C)c1. The van der Waals surface area contributed by atoms with Crippen molar-refractivity contribution in [3.05, 3.63) is 57.6 Å². The lowest BCUT2D eigenvalue weighted by atomic mass is 9.99. The summed E-state index contributed by atoms with van der Waals surface area (Å²) in [6.07, 6.45) is 29.5. The lowest BCUT2D eigenvalue weighted by Crippen LogP contribution is -2.04. The average Bonchev–Trinajstić information content (AvgIpc) is 3.02. The zero-order valence-electron chi connectivity index (χ0n) is 30.3. The van der Waals surface area contributed by atoms with E-state index < -0.39 is 0 Å². The van der Waals surface area contributed by atoms with Gasteiger partial charge in [-0.15, -0.1) is 11.8 Å². The van der Waals surface area contributed by atoms with E-state index in [9.17, 15) is 10.2 Å². The summed E-state index contributed by atoms with van der Waals surface area (Å²) in [4.78, 5) is 0. The van der Waals surface area contributed by atoms with Crippen LogP contribution in [0.1, 0.15) is 199 Å². The Kier molecular flexibility index (Phi) is 20.8. The van der Waals surface area contributed by atoms with Crippen LogP contribution in [0.15, 0.2) is 24.3 Å². The molecule has 45 heavy (non-hydrogen) atoms. The molecule has 2 atom stereocenters. The minimum atomic E-state index is 0.402. The predicted molar refractivity (Wildman–Crippen MR) is 201 cm³/mol. The van der Waals surface area contributed by atoms with Gasteiger partial charge in [0.15, 0.2) is 0 Å². The van der Waals surface area contributed by atoms with Crippen molar-refractivity contribution >= 4 is 11.8 Å². The van der Waals surface area contributed by atoms with Crippen molar-refractivity contribution in [2.45, 2.75) is 193 Å². The molecule has 2 rings (SSSR count). The molecule has 2 N–H and O–H groups in total. The molecule has 0 amide bonds. The van der Waals surface area contributed by atoms with Gasteiger partial charge in [-0.25, -0.2) is 0 Å². The fraction of sp³-hybridized carbons (Fsp3) is 0.714. The number of unbranched alkanes of at least 4 members (excludes halogenated alkanes) is 18. The first kappa shape index (κ1) is 39.6. The summed E-state index contributed by atoms with van der Waals surface area (Å²) in [7, 11) is 0. The number of phenolic OH excluding ortho intramolecular Hbond substituents is 2. The first-order valence-corrected chi connectivity index (χ1v) is 20.0. The van der Waals surface area contributed by atoms with Gasteiger partial charge in [0, 0.05) is 10.5 Å². The van der Waals surface area contributed by atoms with Crippen molar-refractivity contribution in [1.29, 1.82) is 0 Å². The van der Waals surface area contributed by atoms with Gasteiger partial charge in [0.25, 0.3) is 0 Å². The Hall–Kier alpha value is -1.61. The van der Waals surface area contributed by atoms with Gasteiger partial charge in [0.2, 0.25) is 0 Å². The quantitative estimate of drug-likeness (QED) is 0.101. The standard InChI is InChI=1S/C42H70O2S/c1-7-9-11-13-15-17-19-21-23-25-27-39(37-29-33(3)41(43)34(4)30-37)45-40(38-31-35(5)42(44)36(6)32-38)28-26-24-22-20-18-16-14-12-10-8-2/h29-32,39-40,43-44H,7-28H2,1-6H3. The maximum Gasteiger partial charge on any atom is 0.121 e. The van der Waals surface area contributed by atoms with E-state index in [-0.39, 0.29) is 0 Å². The number of hydrogen-bond acceptors (Lipinski definition) is 3. The van der Waals surface area contributed by atoms with Gasteiger partial charge in [0.05, 0.1) is 0 Å². The Morgan fingerprint density at radius 1 is 0.422 bits per heavy atom. The Morgan fingerprint density at radius 2 is 0.667 bits per heavy atom. The highest BCUT2D eigenvalue weighted by Crippen LogP contribution is 2.47. The molecular weight excluding hydrogens is 569 g/mol. The lowest BCUT2D eigenvalue weighted by molar-refractivity contribution is 0.466. The Balaban J connectivity index is 2.06. The number of aromatic hydroxyl groups is 2. The third kappa shape index (κ3) is 15.7. The van der Waals surface area contributed by atoms with E-state index in [1.165, 1.54) is 152 Å². The number of benzene rings is 2. The number of hydrogen-bond donors (Lipinski definition) is 2. The second-order valence-electron chi connectivity index (χ2n) is 14.1. The van der Waals surface area contributed by atoms with Crippen LogP contribution in [0, 0.1) is 27.7 Å². The first-order chi connectivity index (χ1) is 21.8. The van der Waals surface area contributed by atoms with Crippen molar-refractivity contribution in [2.24, 2.45) is 0 Å². The number of rotatable bonds is 26. The highest BCUT2D eigenvalue weighted by atomic mass is 32.2. The van der Waals surface area contributed by atoms with E-state index in [1.54, 1.807) is 0 Å². The van der Waals surface area contributed by atoms with Crippen molar-refractivity contribution in [3.63, 3.8) is 0 Å². The summed E-state index contributed by atoms with van der Waals surface area (Å²) < 4.78 is 0. The molecule has 2 nitrogen and oxygen atoms in total. The van der Waals surface area contributed by atoms with E-state index in [4.69, 9.17) is 0 Å². The molecule has 0 heterocycles. The van der Waals surface area contributed by atoms with Crippen molar-refractivity contribution in [2.75, 3.05) is 0 Å². The van der Waals surface area contributed by atoms with Gasteiger partial charge >= 0.3 is 0 Å². The molecule has 0 saturated heterocycles. The molecule has 0 bridgehead atoms. The predicted octanol–water partition coefficient (Wildman–Crippen LogP) is 14.5. The zero-order valence-corrected chi connectivity index (χ0v) is 31.1. The molecule has 0 saturated carbocycles. The fourth-order valence-electron chi connectivity index (χ4n) is 6.81. The molecule has 0 aliphatic carbocycles. The molecule has 0 fully saturated rings. The third-order valence-corrected chi connectivity index (χ3v) is 11.4. The highest BCUT2D eigenvalue weighted by molar-refractivity contribution is 7.99. The van der Waals surface area contributed by atoms with Gasteiger partial charge in [-0.3, -0.25) is 0 Å². The summed E-state index contributed by atoms with van der Waals surface area (Å²) in [6, 6.07) is 8.95. The van der Waals surface area contributed by atoms with Crippen molar-refractivity contribution in [1.82, 2.24) is 0 Å². The molecule has 0 aliphatic heterocycles. The van der Waals surface area contributed by atoms with Crippen LogP contribution in [0.25, 0.3) is 0 Å². The maximum atomic E-state index is 10.6. The van der Waals surface area contributed by atoms with Crippen molar-refractivity contribution < 1.29 is 10.2 Å². The van der Waals surface area contributed by atoms with E-state index in [0.717, 1.165) is 22.3 Å². The zero-order chi connectivity index (χ0) is 32.9. The second-order valence-corrected chi connectivity index (χ2v) is 15.5. The largest absolute Gasteiger partial charge is 0.507 e. The molecule has 256 valence electrons. The topological polar surface area (TPSA) is 40.5 Å². The van der Waals surface area contributed by atoms with Crippen LogP contribution in [0.4, 0.5) is 0 Å². The fourth-order valence-corrected chi connectivity index (χ4v) is 8.40. The maximum absolute atomic E-state index is 10.6. The summed E-state index contributed by atoms with van der Waals surface area (Å²) in [6.45, 7) is 12.8. The number of phenols is 2. The van der Waals surface area contributed by atoms with Crippen LogP contribution in [-0.4, -0.2) is 10.2 Å². The lowest BCUT2D eigenvalue weighted by Gasteiger charge is -2.26. The van der Waals surface area contributed by atoms with Gasteiger partial charge in [-0.2, -0.15) is 0 Å². The summed E-state index contributed by atoms with van der Waals surface area (Å²) >= 11 is 2.14. The molecule has 0 aromatic heterocycles. The number of aryl methyl sites for hydroxylation is 4. The van der Waals surface area contributed by atoms with Crippen LogP contribution >= 0.6 is 11.8 Å². The molecular formula is C42H70O2S. The van der Waals surface area contributed by atoms with E-state index in [2.05, 4.69) is 49.9 Å². The molecule has 0 spiro atoms. The minimum Gasteiger partial charge on any atom is -0.507 e. The van der Waals surface area contributed by atoms with Gasteiger partial charge in [-0.1, -0.05) is 167 Å². The molecule has 3 heteroatoms. The molecule has 0 radical (unpaired) electrons. The highest BCUT2D eigenvalue weighted by Gasteiger charge is 2.23. The Bertz CT molecular complexity index is 931. The molecule has 2 aromatic rings. The van der Waals surface area contributed by atoms with Crippen molar-refractivity contribution in [3.8, 4) is 11.5 Å². The van der Waals surface area contributed by atoms with Crippen LogP contribution in [0.2, 0.25) is 0 Å². The minimum absolute atomic E-state index is 0.402. The van der Waals surface area contributed by atoms with E-state index >= 15 is 0 Å². The second kappa shape index (κ2) is 23.7. The Labute approximate surface area is 283 Å². The summed E-state index contributed by atoms with van der Waals surface area (Å²) in [5, 5.41) is 21.9. The summed E-state index contributed by atoms with van der Waals surface area (Å²) in [5.74, 6) is 0.876. The average molecular weight is 639 g/mol. The molecule has 0 aliphatic rings. The summed E-state index contributed by atoms with van der Waals surface area (Å²) in [5.41, 5.74) is 6.68. The Morgan fingerprint density at radius 3 is 0.933 bits per heavy atom. The normalized spacial score (nSPS) is 12.9. The van der Waals surface area contributed by atoms with Crippen LogP contribution in [-0.2, 0) is 0 Å². The first-order valence-electron chi connectivity index (χ1n) is 19.0. The smallest absolute Gasteiger partial charge is 0.121 e. The van der Waals surface area contributed by atoms with Crippen LogP contribution in [0.5, 0.6) is 11.5 Å². The molecule has 2 aromatic carbocycles. The van der Waals surface area contributed by atoms with Gasteiger partial charge < -0.3 is 10.2 Å². The van der Waals surface area contributed by atoms with E-state index in [1.807, 2.05) is 27.7 Å². The molecule has 2 unspecified atom stereocenters. The van der Waals surface area contributed by atoms with Gasteiger partial charge in [0.1, 0.15) is 11.5 Å². The van der Waals surface area contributed by atoms with Gasteiger partial charge in [-0.05, 0) is 73.9 Å². The van der Waals surface area contributed by atoms with Crippen LogP contribution < -0.4 is 0 Å². The monoisotopic (exact) mass is 639 g/mol. The van der Waals surface area contributed by atoms with Crippen LogP contribution in [0.3, 0.4) is 0 Å². The third-order valence-electron chi connectivity index (χ3n) is 9.74. The number of thioether (sulfide) groups is 1.